The van der Waals surface area contributed by atoms with E-state index in [2.05, 4.69) is 5.32 Å². The van der Waals surface area contributed by atoms with E-state index < -0.39 is 12.7 Å². The Balaban J connectivity index is 2.09. The molecule has 22 heavy (non-hydrogen) atoms. The molecule has 0 amide bonds. The van der Waals surface area contributed by atoms with Gasteiger partial charge in [0.15, 0.2) is 0 Å². The lowest BCUT2D eigenvalue weighted by Gasteiger charge is -2.10. The first-order valence-corrected chi connectivity index (χ1v) is 7.42. The van der Waals surface area contributed by atoms with Gasteiger partial charge in [0.25, 0.3) is 0 Å². The van der Waals surface area contributed by atoms with Crippen LogP contribution in [0.25, 0.3) is 11.1 Å². The highest BCUT2D eigenvalue weighted by Gasteiger charge is 2.25. The van der Waals surface area contributed by atoms with Crippen molar-refractivity contribution in [1.82, 2.24) is 5.32 Å². The third kappa shape index (κ3) is 5.20. The third-order valence-electron chi connectivity index (χ3n) is 3.06. The van der Waals surface area contributed by atoms with Crippen LogP contribution in [0.3, 0.4) is 0 Å². The van der Waals surface area contributed by atoms with E-state index in [1.165, 1.54) is 0 Å². The summed E-state index contributed by atoms with van der Waals surface area (Å²) in [6, 6.07) is 12.8. The Morgan fingerprint density at radius 2 is 1.73 bits per heavy atom. The second-order valence-corrected chi connectivity index (χ2v) is 5.71. The van der Waals surface area contributed by atoms with Crippen molar-refractivity contribution in [2.24, 2.45) is 0 Å². The fourth-order valence-electron chi connectivity index (χ4n) is 2.11. The first-order chi connectivity index (χ1) is 10.3. The molecule has 0 aromatic heterocycles. The molecule has 2 aromatic rings. The molecule has 0 aliphatic heterocycles. The zero-order valence-electron chi connectivity index (χ0n) is 11.6. The summed E-state index contributed by atoms with van der Waals surface area (Å²) in [5.74, 6) is 0. The first-order valence-electron chi connectivity index (χ1n) is 6.67. The van der Waals surface area contributed by atoms with Crippen molar-refractivity contribution >= 4 is 23.2 Å². The number of benzene rings is 2. The van der Waals surface area contributed by atoms with Gasteiger partial charge in [-0.3, -0.25) is 0 Å². The number of nitrogens with one attached hydrogen (secondary N) is 1. The fraction of sp³-hybridized carbons (Fsp3) is 0.250. The van der Waals surface area contributed by atoms with E-state index in [-0.39, 0.29) is 6.54 Å². The highest BCUT2D eigenvalue weighted by atomic mass is 35.5. The van der Waals surface area contributed by atoms with Crippen LogP contribution < -0.4 is 5.32 Å². The van der Waals surface area contributed by atoms with Gasteiger partial charge in [-0.25, -0.2) is 0 Å². The van der Waals surface area contributed by atoms with E-state index in [1.54, 1.807) is 18.2 Å². The summed E-state index contributed by atoms with van der Waals surface area (Å²) >= 11 is 12.3. The van der Waals surface area contributed by atoms with Crippen LogP contribution in [0, 0.1) is 0 Å². The summed E-state index contributed by atoms with van der Waals surface area (Å²) in [5, 5.41) is 3.50. The number of alkyl halides is 3. The Labute approximate surface area is 137 Å². The molecule has 0 fully saturated rings. The Kier molecular flexibility index (Phi) is 5.73. The average molecular weight is 348 g/mol. The third-order valence-corrected chi connectivity index (χ3v) is 3.61. The second-order valence-electron chi connectivity index (χ2n) is 4.87. The van der Waals surface area contributed by atoms with Crippen molar-refractivity contribution in [3.8, 4) is 11.1 Å². The summed E-state index contributed by atoms with van der Waals surface area (Å²) < 4.78 is 36.2. The average Bonchev–Trinajstić information content (AvgIpc) is 2.42. The van der Waals surface area contributed by atoms with E-state index in [9.17, 15) is 13.2 Å². The monoisotopic (exact) mass is 347 g/mol. The van der Waals surface area contributed by atoms with Crippen molar-refractivity contribution in [2.75, 3.05) is 13.1 Å². The van der Waals surface area contributed by atoms with Crippen LogP contribution in [0.15, 0.2) is 42.5 Å². The largest absolute Gasteiger partial charge is 0.401 e. The van der Waals surface area contributed by atoms with E-state index in [0.717, 1.165) is 16.7 Å². The molecule has 118 valence electrons. The minimum absolute atomic E-state index is 0.224. The van der Waals surface area contributed by atoms with E-state index >= 15 is 0 Å². The number of hydrogen-bond donors (Lipinski definition) is 1. The zero-order valence-corrected chi connectivity index (χ0v) is 13.1. The van der Waals surface area contributed by atoms with Crippen molar-refractivity contribution < 1.29 is 13.2 Å². The van der Waals surface area contributed by atoms with Crippen molar-refractivity contribution in [3.63, 3.8) is 0 Å². The predicted octanol–water partition coefficient (Wildman–Crippen LogP) is 5.35. The van der Waals surface area contributed by atoms with Crippen molar-refractivity contribution in [2.45, 2.75) is 12.6 Å². The molecule has 0 unspecified atom stereocenters. The molecule has 0 bridgehead atoms. The SMILES string of the molecule is FC(F)(F)CNCCc1cc(Cl)cc(-c2ccccc2Cl)c1. The predicted molar refractivity (Wildman–Crippen MR) is 84.5 cm³/mol. The van der Waals surface area contributed by atoms with Crippen molar-refractivity contribution in [1.29, 1.82) is 0 Å². The second kappa shape index (κ2) is 7.36. The molecule has 1 N–H and O–H groups in total. The molecule has 2 aromatic carbocycles. The van der Waals surface area contributed by atoms with Crippen molar-refractivity contribution in [3.05, 3.63) is 58.1 Å². The number of halogens is 5. The molecule has 0 atom stereocenters. The number of rotatable bonds is 5. The van der Waals surface area contributed by atoms with Gasteiger partial charge in [0.05, 0.1) is 6.54 Å². The van der Waals surface area contributed by atoms with Crippen LogP contribution in [0.5, 0.6) is 0 Å². The molecular formula is C16H14Cl2F3N. The Bertz CT molecular complexity index is 642. The number of hydrogen-bond acceptors (Lipinski definition) is 1. The molecule has 0 aliphatic carbocycles. The van der Waals surface area contributed by atoms with Gasteiger partial charge in [-0.05, 0) is 42.3 Å². The molecule has 0 saturated heterocycles. The molecule has 6 heteroatoms. The lowest BCUT2D eigenvalue weighted by molar-refractivity contribution is -0.124. The molecule has 0 heterocycles. The quantitative estimate of drug-likeness (QED) is 0.718. The molecule has 0 saturated carbocycles. The Morgan fingerprint density at radius 3 is 2.41 bits per heavy atom. The standard InChI is InChI=1S/C16H14Cl2F3N/c17-13-8-11(5-6-22-10-16(19,20)21)7-12(9-13)14-3-1-2-4-15(14)18/h1-4,7-9,22H,5-6,10H2. The van der Waals surface area contributed by atoms with Gasteiger partial charge >= 0.3 is 6.18 Å². The maximum Gasteiger partial charge on any atom is 0.401 e. The maximum absolute atomic E-state index is 12.1. The molecule has 2 rings (SSSR count). The summed E-state index contributed by atoms with van der Waals surface area (Å²) in [7, 11) is 0. The first kappa shape index (κ1) is 17.1. The van der Waals surface area contributed by atoms with Crippen LogP contribution in [-0.4, -0.2) is 19.3 Å². The Hall–Kier alpha value is -1.23. The summed E-state index contributed by atoms with van der Waals surface area (Å²) in [4.78, 5) is 0. The summed E-state index contributed by atoms with van der Waals surface area (Å²) in [6.07, 6.45) is -3.74. The van der Waals surface area contributed by atoms with E-state index in [4.69, 9.17) is 23.2 Å². The lowest BCUT2D eigenvalue weighted by Crippen LogP contribution is -2.30. The summed E-state index contributed by atoms with van der Waals surface area (Å²) in [5.41, 5.74) is 2.55. The van der Waals surface area contributed by atoms with Gasteiger partial charge in [-0.2, -0.15) is 13.2 Å². The Morgan fingerprint density at radius 1 is 1.00 bits per heavy atom. The van der Waals surface area contributed by atoms with Crippen LogP contribution in [0.4, 0.5) is 13.2 Å². The smallest absolute Gasteiger partial charge is 0.308 e. The van der Waals surface area contributed by atoms with E-state index in [0.29, 0.717) is 16.5 Å². The van der Waals surface area contributed by atoms with Gasteiger partial charge in [-0.1, -0.05) is 47.5 Å². The van der Waals surface area contributed by atoms with Gasteiger partial charge in [0.1, 0.15) is 0 Å². The molecule has 0 aliphatic rings. The van der Waals surface area contributed by atoms with Gasteiger partial charge in [-0.15, -0.1) is 0 Å². The van der Waals surface area contributed by atoms with Crippen LogP contribution in [-0.2, 0) is 6.42 Å². The zero-order chi connectivity index (χ0) is 16.2. The van der Waals surface area contributed by atoms with Gasteiger partial charge in [0.2, 0.25) is 0 Å². The van der Waals surface area contributed by atoms with Gasteiger partial charge < -0.3 is 5.32 Å². The molecular weight excluding hydrogens is 334 g/mol. The topological polar surface area (TPSA) is 12.0 Å². The highest BCUT2D eigenvalue weighted by Crippen LogP contribution is 2.30. The van der Waals surface area contributed by atoms with Gasteiger partial charge in [0, 0.05) is 15.6 Å². The highest BCUT2D eigenvalue weighted by molar-refractivity contribution is 6.33. The van der Waals surface area contributed by atoms with Crippen LogP contribution >= 0.6 is 23.2 Å². The summed E-state index contributed by atoms with van der Waals surface area (Å²) in [6.45, 7) is -0.771. The molecule has 1 nitrogen and oxygen atoms in total. The van der Waals surface area contributed by atoms with Crippen LogP contribution in [0.2, 0.25) is 10.0 Å². The minimum atomic E-state index is -4.20. The van der Waals surface area contributed by atoms with E-state index in [1.807, 2.05) is 24.3 Å². The molecule has 0 spiro atoms. The maximum atomic E-state index is 12.1. The van der Waals surface area contributed by atoms with Crippen LogP contribution in [0.1, 0.15) is 5.56 Å². The minimum Gasteiger partial charge on any atom is -0.308 e. The normalized spacial score (nSPS) is 11.7. The lowest BCUT2D eigenvalue weighted by atomic mass is 10.0. The fourth-order valence-corrected chi connectivity index (χ4v) is 2.61. The molecule has 0 radical (unpaired) electrons.